The Hall–Kier alpha value is -2.18. The third-order valence-corrected chi connectivity index (χ3v) is 3.20. The van der Waals surface area contributed by atoms with Gasteiger partial charge in [0, 0.05) is 37.8 Å². The van der Waals surface area contributed by atoms with E-state index in [1.165, 1.54) is 9.80 Å². The smallest absolute Gasteiger partial charge is 0.409 e. The molecule has 1 fully saturated rings. The van der Waals surface area contributed by atoms with Gasteiger partial charge in [0.1, 0.15) is 11.6 Å². The van der Waals surface area contributed by atoms with Crippen LogP contribution < -0.4 is 0 Å². The summed E-state index contributed by atoms with van der Waals surface area (Å²) in [6.07, 6.45) is -0.415. The molecule has 0 saturated carbocycles. The maximum absolute atomic E-state index is 13.1. The van der Waals surface area contributed by atoms with Crippen molar-refractivity contribution in [3.8, 4) is 0 Å². The number of rotatable bonds is 2. The van der Waals surface area contributed by atoms with E-state index in [4.69, 9.17) is 4.74 Å². The number of hydrogen-bond donors (Lipinski definition) is 0. The molecule has 1 aliphatic rings. The number of halogens is 2. The van der Waals surface area contributed by atoms with Gasteiger partial charge in [-0.1, -0.05) is 0 Å². The Morgan fingerprint density at radius 3 is 2.10 bits per heavy atom. The van der Waals surface area contributed by atoms with Crippen molar-refractivity contribution in [2.45, 2.75) is 6.92 Å². The lowest BCUT2D eigenvalue weighted by Crippen LogP contribution is -2.50. The van der Waals surface area contributed by atoms with Gasteiger partial charge in [0.05, 0.1) is 6.61 Å². The van der Waals surface area contributed by atoms with E-state index in [1.807, 2.05) is 0 Å². The van der Waals surface area contributed by atoms with Gasteiger partial charge < -0.3 is 14.5 Å². The number of ether oxygens (including phenoxy) is 1. The molecule has 7 heteroatoms. The van der Waals surface area contributed by atoms with Gasteiger partial charge in [0.15, 0.2) is 0 Å². The van der Waals surface area contributed by atoms with Gasteiger partial charge in [-0.2, -0.15) is 0 Å². The predicted molar refractivity (Wildman–Crippen MR) is 70.9 cm³/mol. The first-order chi connectivity index (χ1) is 10.0. The van der Waals surface area contributed by atoms with Crippen LogP contribution in [0.15, 0.2) is 18.2 Å². The quantitative estimate of drug-likeness (QED) is 0.837. The highest BCUT2D eigenvalue weighted by Gasteiger charge is 2.25. The minimum absolute atomic E-state index is 0.0305. The van der Waals surface area contributed by atoms with Crippen LogP contribution in [-0.2, 0) is 4.74 Å². The highest BCUT2D eigenvalue weighted by Crippen LogP contribution is 2.13. The molecule has 2 rings (SSSR count). The zero-order valence-corrected chi connectivity index (χ0v) is 11.6. The van der Waals surface area contributed by atoms with Crippen LogP contribution in [0.25, 0.3) is 0 Å². The van der Waals surface area contributed by atoms with Crippen LogP contribution in [0.5, 0.6) is 0 Å². The van der Waals surface area contributed by atoms with Gasteiger partial charge in [0.25, 0.3) is 5.91 Å². The van der Waals surface area contributed by atoms with E-state index in [0.717, 1.165) is 18.2 Å². The third-order valence-electron chi connectivity index (χ3n) is 3.20. The topological polar surface area (TPSA) is 49.9 Å². The van der Waals surface area contributed by atoms with Crippen LogP contribution in [0.4, 0.5) is 13.6 Å². The fourth-order valence-electron chi connectivity index (χ4n) is 2.17. The van der Waals surface area contributed by atoms with Gasteiger partial charge in [-0.25, -0.2) is 13.6 Å². The molecule has 0 atom stereocenters. The number of carbonyl (C=O) groups excluding carboxylic acids is 2. The highest BCUT2D eigenvalue weighted by atomic mass is 19.1. The first-order valence-corrected chi connectivity index (χ1v) is 6.68. The number of carbonyl (C=O) groups is 2. The highest BCUT2D eigenvalue weighted by molar-refractivity contribution is 5.94. The van der Waals surface area contributed by atoms with Crippen molar-refractivity contribution in [3.63, 3.8) is 0 Å². The molecular weight excluding hydrogens is 282 g/mol. The molecule has 5 nitrogen and oxygen atoms in total. The summed E-state index contributed by atoms with van der Waals surface area (Å²) in [5, 5.41) is 0. The van der Waals surface area contributed by atoms with E-state index in [0.29, 0.717) is 32.8 Å². The van der Waals surface area contributed by atoms with Crippen molar-refractivity contribution in [2.75, 3.05) is 32.8 Å². The Morgan fingerprint density at radius 1 is 1.05 bits per heavy atom. The van der Waals surface area contributed by atoms with Crippen molar-refractivity contribution in [1.29, 1.82) is 0 Å². The lowest BCUT2D eigenvalue weighted by atomic mass is 10.1. The molecule has 0 radical (unpaired) electrons. The Morgan fingerprint density at radius 2 is 1.57 bits per heavy atom. The van der Waals surface area contributed by atoms with E-state index in [2.05, 4.69) is 0 Å². The van der Waals surface area contributed by atoms with Crippen LogP contribution in [0, 0.1) is 11.6 Å². The second-order valence-corrected chi connectivity index (χ2v) is 4.64. The number of amides is 2. The average Bonchev–Trinajstić information content (AvgIpc) is 2.46. The van der Waals surface area contributed by atoms with E-state index >= 15 is 0 Å². The van der Waals surface area contributed by atoms with Gasteiger partial charge in [0.2, 0.25) is 0 Å². The van der Waals surface area contributed by atoms with Crippen LogP contribution in [0.2, 0.25) is 0 Å². The van der Waals surface area contributed by atoms with E-state index < -0.39 is 23.6 Å². The zero-order chi connectivity index (χ0) is 15.4. The molecule has 1 saturated heterocycles. The molecule has 114 valence electrons. The molecule has 1 heterocycles. The Labute approximate surface area is 121 Å². The van der Waals surface area contributed by atoms with Crippen molar-refractivity contribution in [3.05, 3.63) is 35.4 Å². The largest absolute Gasteiger partial charge is 0.450 e. The summed E-state index contributed by atoms with van der Waals surface area (Å²) in [6.45, 7) is 3.28. The second-order valence-electron chi connectivity index (χ2n) is 4.64. The maximum Gasteiger partial charge on any atom is 0.409 e. The molecule has 0 bridgehead atoms. The summed E-state index contributed by atoms with van der Waals surface area (Å²) < 4.78 is 31.1. The van der Waals surface area contributed by atoms with Crippen LogP contribution in [0.1, 0.15) is 17.3 Å². The number of hydrogen-bond acceptors (Lipinski definition) is 3. The average molecular weight is 298 g/mol. The molecule has 0 unspecified atom stereocenters. The van der Waals surface area contributed by atoms with Crippen LogP contribution in [0.3, 0.4) is 0 Å². The Balaban J connectivity index is 1.98. The Kier molecular flexibility index (Phi) is 4.72. The molecule has 0 aromatic heterocycles. The summed E-state index contributed by atoms with van der Waals surface area (Å²) in [6, 6.07) is 2.72. The maximum atomic E-state index is 13.1. The fourth-order valence-corrected chi connectivity index (χ4v) is 2.17. The minimum Gasteiger partial charge on any atom is -0.450 e. The fraction of sp³-hybridized carbons (Fsp3) is 0.429. The predicted octanol–water partition coefficient (Wildman–Crippen LogP) is 1.88. The summed E-state index contributed by atoms with van der Waals surface area (Å²) in [5.74, 6) is -2.02. The van der Waals surface area contributed by atoms with Crippen molar-refractivity contribution >= 4 is 12.0 Å². The van der Waals surface area contributed by atoms with Gasteiger partial charge >= 0.3 is 6.09 Å². The monoisotopic (exact) mass is 298 g/mol. The minimum atomic E-state index is -0.788. The molecule has 0 aliphatic carbocycles. The lowest BCUT2D eigenvalue weighted by molar-refractivity contribution is 0.0570. The molecular formula is C14H16F2N2O3. The standard InChI is InChI=1S/C14H16F2N2O3/c1-2-21-14(20)18-5-3-17(4-6-18)13(19)10-7-11(15)9-12(16)8-10/h7-9H,2-6H2,1H3. The van der Waals surface area contributed by atoms with Crippen LogP contribution >= 0.6 is 0 Å². The molecule has 1 aromatic carbocycles. The van der Waals surface area contributed by atoms with E-state index in [1.54, 1.807) is 6.92 Å². The zero-order valence-electron chi connectivity index (χ0n) is 11.6. The molecule has 21 heavy (non-hydrogen) atoms. The first kappa shape index (κ1) is 15.2. The third kappa shape index (κ3) is 3.68. The molecule has 0 spiro atoms. The van der Waals surface area contributed by atoms with Gasteiger partial charge in [-0.3, -0.25) is 4.79 Å². The number of piperazine rings is 1. The second kappa shape index (κ2) is 6.51. The SMILES string of the molecule is CCOC(=O)N1CCN(C(=O)c2cc(F)cc(F)c2)CC1. The van der Waals surface area contributed by atoms with Gasteiger partial charge in [-0.15, -0.1) is 0 Å². The summed E-state index contributed by atoms with van der Waals surface area (Å²) in [7, 11) is 0. The number of nitrogens with zero attached hydrogens (tertiary/aromatic N) is 2. The molecule has 1 aromatic rings. The van der Waals surface area contributed by atoms with Crippen molar-refractivity contribution in [2.24, 2.45) is 0 Å². The molecule has 0 N–H and O–H groups in total. The normalized spacial score (nSPS) is 15.0. The first-order valence-electron chi connectivity index (χ1n) is 6.68. The summed E-state index contributed by atoms with van der Waals surface area (Å²) in [4.78, 5) is 26.7. The Bertz CT molecular complexity index is 523. The van der Waals surface area contributed by atoms with Gasteiger partial charge in [-0.05, 0) is 19.1 Å². The van der Waals surface area contributed by atoms with E-state index in [9.17, 15) is 18.4 Å². The van der Waals surface area contributed by atoms with Crippen molar-refractivity contribution < 1.29 is 23.1 Å². The van der Waals surface area contributed by atoms with E-state index in [-0.39, 0.29) is 5.56 Å². The lowest BCUT2D eigenvalue weighted by Gasteiger charge is -2.34. The summed E-state index contributed by atoms with van der Waals surface area (Å²) in [5.41, 5.74) is -0.0305. The van der Waals surface area contributed by atoms with Crippen LogP contribution in [-0.4, -0.2) is 54.6 Å². The molecule has 1 aliphatic heterocycles. The summed E-state index contributed by atoms with van der Waals surface area (Å²) >= 11 is 0. The molecule has 2 amide bonds. The number of benzene rings is 1. The van der Waals surface area contributed by atoms with Crippen molar-refractivity contribution in [1.82, 2.24) is 9.80 Å².